The van der Waals surface area contributed by atoms with Crippen LogP contribution >= 0.6 is 11.8 Å². The zero-order valence-electron chi connectivity index (χ0n) is 17.1. The van der Waals surface area contributed by atoms with Crippen LogP contribution in [0.3, 0.4) is 0 Å². The van der Waals surface area contributed by atoms with Gasteiger partial charge < -0.3 is 14.2 Å². The number of methoxy groups -OCH3 is 1. The van der Waals surface area contributed by atoms with Crippen LogP contribution in [0.15, 0.2) is 53.7 Å². The molecule has 0 atom stereocenters. The number of hydrogen-bond donors (Lipinski definition) is 0. The lowest BCUT2D eigenvalue weighted by molar-refractivity contribution is 0.414. The van der Waals surface area contributed by atoms with E-state index in [2.05, 4.69) is 76.8 Å². The molecule has 0 aliphatic heterocycles. The first-order chi connectivity index (χ1) is 13.7. The van der Waals surface area contributed by atoms with Gasteiger partial charge in [-0.15, -0.1) is 10.2 Å². The van der Waals surface area contributed by atoms with Crippen molar-refractivity contribution < 1.29 is 4.74 Å². The van der Waals surface area contributed by atoms with Crippen molar-refractivity contribution in [2.75, 3.05) is 25.1 Å². The van der Waals surface area contributed by atoms with Gasteiger partial charge in [-0.1, -0.05) is 23.9 Å². The van der Waals surface area contributed by atoms with Crippen molar-refractivity contribution >= 4 is 17.4 Å². The van der Waals surface area contributed by atoms with E-state index in [1.54, 1.807) is 18.9 Å². The van der Waals surface area contributed by atoms with E-state index >= 15 is 0 Å². The first-order valence-corrected chi connectivity index (χ1v) is 10.7. The van der Waals surface area contributed by atoms with E-state index in [9.17, 15) is 0 Å². The number of thioether (sulfide) groups is 1. The molecule has 0 N–H and O–H groups in total. The van der Waals surface area contributed by atoms with Gasteiger partial charge in [0.2, 0.25) is 0 Å². The smallest absolute Gasteiger partial charge is 0.191 e. The molecule has 0 unspecified atom stereocenters. The van der Waals surface area contributed by atoms with Crippen LogP contribution in [0.2, 0.25) is 0 Å². The topological polar surface area (TPSA) is 43.2 Å². The first kappa shape index (κ1) is 20.3. The molecular weight excluding hydrogens is 368 g/mol. The summed E-state index contributed by atoms with van der Waals surface area (Å²) in [5.41, 5.74) is 3.54. The maximum absolute atomic E-state index is 5.31. The number of anilines is 1. The Morgan fingerprint density at radius 1 is 1.00 bits per heavy atom. The second-order valence-electron chi connectivity index (χ2n) is 6.41. The highest BCUT2D eigenvalue weighted by Crippen LogP contribution is 2.28. The molecule has 0 fully saturated rings. The Hall–Kier alpha value is -2.47. The van der Waals surface area contributed by atoms with Crippen molar-refractivity contribution in [3.8, 4) is 17.1 Å². The first-order valence-electron chi connectivity index (χ1n) is 9.74. The minimum atomic E-state index is 0.830. The predicted molar refractivity (Wildman–Crippen MR) is 117 cm³/mol. The van der Waals surface area contributed by atoms with E-state index in [0.717, 1.165) is 47.7 Å². The lowest BCUT2D eigenvalue weighted by Gasteiger charge is -2.21. The Labute approximate surface area is 171 Å². The number of aromatic nitrogens is 3. The minimum absolute atomic E-state index is 0.830. The van der Waals surface area contributed by atoms with Crippen LogP contribution in [0.25, 0.3) is 11.4 Å². The van der Waals surface area contributed by atoms with Crippen LogP contribution in [0, 0.1) is 0 Å². The third-order valence-electron chi connectivity index (χ3n) is 4.79. The van der Waals surface area contributed by atoms with Gasteiger partial charge in [-0.2, -0.15) is 0 Å². The Morgan fingerprint density at radius 3 is 2.39 bits per heavy atom. The molecule has 3 rings (SSSR count). The van der Waals surface area contributed by atoms with Gasteiger partial charge in [-0.3, -0.25) is 0 Å². The highest BCUT2D eigenvalue weighted by atomic mass is 32.2. The average molecular weight is 397 g/mol. The Bertz CT molecular complexity index is 888. The summed E-state index contributed by atoms with van der Waals surface area (Å²) in [4.78, 5) is 2.34. The molecule has 0 amide bonds. The standard InChI is InChI=1S/C22H28N4OS/c1-5-25(6-2)19-13-11-18(12-14-19)21-23-24-22(26(21)7-3)28-16-17-9-8-10-20(15-17)27-4/h8-15H,5-7,16H2,1-4H3. The molecule has 6 heteroatoms. The summed E-state index contributed by atoms with van der Waals surface area (Å²) >= 11 is 1.70. The molecule has 0 radical (unpaired) electrons. The van der Waals surface area contributed by atoms with Gasteiger partial charge in [-0.25, -0.2) is 0 Å². The fourth-order valence-corrected chi connectivity index (χ4v) is 4.16. The molecule has 0 bridgehead atoms. The van der Waals surface area contributed by atoms with Gasteiger partial charge in [-0.05, 0) is 62.7 Å². The number of benzene rings is 2. The predicted octanol–water partition coefficient (Wildman–Crippen LogP) is 5.11. The molecule has 0 aliphatic carbocycles. The van der Waals surface area contributed by atoms with Crippen LogP contribution in [-0.2, 0) is 12.3 Å². The summed E-state index contributed by atoms with van der Waals surface area (Å²) in [6.45, 7) is 9.33. The van der Waals surface area contributed by atoms with E-state index < -0.39 is 0 Å². The Kier molecular flexibility index (Phi) is 6.98. The molecule has 1 heterocycles. The maximum Gasteiger partial charge on any atom is 0.191 e. The fourth-order valence-electron chi connectivity index (χ4n) is 3.21. The molecule has 0 spiro atoms. The summed E-state index contributed by atoms with van der Waals surface area (Å²) in [5, 5.41) is 9.86. The summed E-state index contributed by atoms with van der Waals surface area (Å²) in [7, 11) is 1.69. The molecule has 2 aromatic carbocycles. The lowest BCUT2D eigenvalue weighted by Crippen LogP contribution is -2.21. The number of rotatable bonds is 9. The number of hydrogen-bond acceptors (Lipinski definition) is 5. The van der Waals surface area contributed by atoms with Crippen molar-refractivity contribution in [2.45, 2.75) is 38.2 Å². The molecule has 3 aromatic rings. The Balaban J connectivity index is 1.78. The highest BCUT2D eigenvalue weighted by Gasteiger charge is 2.14. The molecule has 0 aliphatic rings. The zero-order chi connectivity index (χ0) is 19.9. The molecule has 148 valence electrons. The van der Waals surface area contributed by atoms with Gasteiger partial charge in [0.15, 0.2) is 11.0 Å². The quantitative estimate of drug-likeness (QED) is 0.470. The molecule has 5 nitrogen and oxygen atoms in total. The van der Waals surface area contributed by atoms with Crippen LogP contribution in [0.1, 0.15) is 26.3 Å². The second kappa shape index (κ2) is 9.64. The van der Waals surface area contributed by atoms with Gasteiger partial charge >= 0.3 is 0 Å². The average Bonchev–Trinajstić information content (AvgIpc) is 3.16. The van der Waals surface area contributed by atoms with Crippen molar-refractivity contribution in [1.29, 1.82) is 0 Å². The van der Waals surface area contributed by atoms with E-state index in [-0.39, 0.29) is 0 Å². The van der Waals surface area contributed by atoms with Crippen LogP contribution in [0.5, 0.6) is 5.75 Å². The van der Waals surface area contributed by atoms with Crippen molar-refractivity contribution in [3.63, 3.8) is 0 Å². The summed E-state index contributed by atoms with van der Waals surface area (Å²) < 4.78 is 7.49. The van der Waals surface area contributed by atoms with Gasteiger partial charge in [0, 0.05) is 36.6 Å². The van der Waals surface area contributed by atoms with E-state index in [4.69, 9.17) is 4.74 Å². The number of ether oxygens (including phenoxy) is 1. The molecular formula is C22H28N4OS. The normalized spacial score (nSPS) is 10.9. The molecule has 0 saturated heterocycles. The van der Waals surface area contributed by atoms with E-state index in [1.807, 2.05) is 12.1 Å². The van der Waals surface area contributed by atoms with Crippen molar-refractivity contribution in [3.05, 3.63) is 54.1 Å². The fraction of sp³-hybridized carbons (Fsp3) is 0.364. The largest absolute Gasteiger partial charge is 0.497 e. The van der Waals surface area contributed by atoms with Crippen LogP contribution in [0.4, 0.5) is 5.69 Å². The third-order valence-corrected chi connectivity index (χ3v) is 5.83. The van der Waals surface area contributed by atoms with Gasteiger partial charge in [0.05, 0.1) is 7.11 Å². The third kappa shape index (κ3) is 4.50. The second-order valence-corrected chi connectivity index (χ2v) is 7.35. The minimum Gasteiger partial charge on any atom is -0.497 e. The van der Waals surface area contributed by atoms with Crippen molar-refractivity contribution in [1.82, 2.24) is 14.8 Å². The van der Waals surface area contributed by atoms with E-state index in [0.29, 0.717) is 0 Å². The summed E-state index contributed by atoms with van der Waals surface area (Å²) in [5.74, 6) is 2.63. The lowest BCUT2D eigenvalue weighted by atomic mass is 10.2. The molecule has 28 heavy (non-hydrogen) atoms. The van der Waals surface area contributed by atoms with Crippen LogP contribution in [-0.4, -0.2) is 35.0 Å². The summed E-state index contributed by atoms with van der Waals surface area (Å²) in [6, 6.07) is 16.8. The van der Waals surface area contributed by atoms with Gasteiger partial charge in [0.25, 0.3) is 0 Å². The summed E-state index contributed by atoms with van der Waals surface area (Å²) in [6.07, 6.45) is 0. The highest BCUT2D eigenvalue weighted by molar-refractivity contribution is 7.98. The Morgan fingerprint density at radius 2 is 1.75 bits per heavy atom. The zero-order valence-corrected chi connectivity index (χ0v) is 17.9. The molecule has 1 aromatic heterocycles. The van der Waals surface area contributed by atoms with Crippen molar-refractivity contribution in [2.24, 2.45) is 0 Å². The monoisotopic (exact) mass is 396 g/mol. The van der Waals surface area contributed by atoms with Crippen LogP contribution < -0.4 is 9.64 Å². The van der Waals surface area contributed by atoms with E-state index in [1.165, 1.54) is 11.3 Å². The van der Waals surface area contributed by atoms with Gasteiger partial charge in [0.1, 0.15) is 5.75 Å². The maximum atomic E-state index is 5.31. The SMILES string of the molecule is CCN(CC)c1ccc(-c2nnc(SCc3cccc(OC)c3)n2CC)cc1. The number of nitrogens with zero attached hydrogens (tertiary/aromatic N) is 4. The molecule has 0 saturated carbocycles.